The summed E-state index contributed by atoms with van der Waals surface area (Å²) in [5, 5.41) is 2.79. The van der Waals surface area contributed by atoms with Crippen molar-refractivity contribution in [3.05, 3.63) is 35.9 Å². The molecule has 4 nitrogen and oxygen atoms in total. The standard InChI is InChI=1S/C12H15NO3/c1-12(15-7-8-16-12)9-13-11(14)10-5-3-2-4-6-10/h2-6H,7-9H2,1H3,(H,13,14). The number of amides is 1. The summed E-state index contributed by atoms with van der Waals surface area (Å²) in [5.41, 5.74) is 0.643. The molecule has 2 rings (SSSR count). The third-order valence-corrected chi connectivity index (χ3v) is 2.50. The number of ether oxygens (including phenoxy) is 2. The van der Waals surface area contributed by atoms with E-state index in [4.69, 9.17) is 9.47 Å². The molecular weight excluding hydrogens is 206 g/mol. The third-order valence-electron chi connectivity index (χ3n) is 2.50. The molecule has 1 fully saturated rings. The van der Waals surface area contributed by atoms with Crippen molar-refractivity contribution in [3.8, 4) is 0 Å². The molecule has 86 valence electrons. The zero-order chi connectivity index (χ0) is 11.4. The minimum Gasteiger partial charge on any atom is -0.347 e. The van der Waals surface area contributed by atoms with Gasteiger partial charge >= 0.3 is 0 Å². The molecule has 0 atom stereocenters. The molecular formula is C12H15NO3. The second-order valence-electron chi connectivity index (χ2n) is 3.88. The van der Waals surface area contributed by atoms with Crippen LogP contribution in [0.3, 0.4) is 0 Å². The first-order valence-corrected chi connectivity index (χ1v) is 5.31. The lowest BCUT2D eigenvalue weighted by Gasteiger charge is -2.22. The summed E-state index contributed by atoms with van der Waals surface area (Å²) in [7, 11) is 0. The number of rotatable bonds is 3. The lowest BCUT2D eigenvalue weighted by molar-refractivity contribution is -0.136. The molecule has 16 heavy (non-hydrogen) atoms. The van der Waals surface area contributed by atoms with Gasteiger partial charge in [0.25, 0.3) is 5.91 Å². The largest absolute Gasteiger partial charge is 0.347 e. The van der Waals surface area contributed by atoms with Crippen molar-refractivity contribution in [2.45, 2.75) is 12.7 Å². The fourth-order valence-electron chi connectivity index (χ4n) is 1.59. The van der Waals surface area contributed by atoms with Gasteiger partial charge in [-0.2, -0.15) is 0 Å². The predicted molar refractivity (Wildman–Crippen MR) is 59.1 cm³/mol. The molecule has 1 aliphatic heterocycles. The maximum Gasteiger partial charge on any atom is 0.251 e. The highest BCUT2D eigenvalue weighted by atomic mass is 16.7. The van der Waals surface area contributed by atoms with E-state index < -0.39 is 5.79 Å². The van der Waals surface area contributed by atoms with Crippen LogP contribution in [0.2, 0.25) is 0 Å². The van der Waals surface area contributed by atoms with Gasteiger partial charge < -0.3 is 14.8 Å². The summed E-state index contributed by atoms with van der Waals surface area (Å²) < 4.78 is 10.8. The van der Waals surface area contributed by atoms with Gasteiger partial charge in [-0.3, -0.25) is 4.79 Å². The molecule has 1 saturated heterocycles. The minimum absolute atomic E-state index is 0.110. The van der Waals surface area contributed by atoms with Gasteiger partial charge in [0.1, 0.15) is 0 Å². The van der Waals surface area contributed by atoms with Gasteiger partial charge in [-0.25, -0.2) is 0 Å². The minimum atomic E-state index is -0.676. The van der Waals surface area contributed by atoms with E-state index in [0.29, 0.717) is 25.3 Å². The van der Waals surface area contributed by atoms with Gasteiger partial charge in [0.15, 0.2) is 5.79 Å². The highest BCUT2D eigenvalue weighted by Crippen LogP contribution is 2.17. The summed E-state index contributed by atoms with van der Waals surface area (Å²) in [6, 6.07) is 9.09. The molecule has 4 heteroatoms. The first kappa shape index (κ1) is 11.1. The fraction of sp³-hybridized carbons (Fsp3) is 0.417. The lowest BCUT2D eigenvalue weighted by atomic mass is 10.2. The van der Waals surface area contributed by atoms with Crippen molar-refractivity contribution >= 4 is 5.91 Å². The Morgan fingerprint density at radius 2 is 1.94 bits per heavy atom. The monoisotopic (exact) mass is 221 g/mol. The molecule has 0 unspecified atom stereocenters. The maximum atomic E-state index is 11.7. The predicted octanol–water partition coefficient (Wildman–Crippen LogP) is 1.18. The molecule has 1 amide bonds. The van der Waals surface area contributed by atoms with Crippen molar-refractivity contribution in [2.24, 2.45) is 0 Å². The zero-order valence-electron chi connectivity index (χ0n) is 9.23. The van der Waals surface area contributed by atoms with E-state index in [1.54, 1.807) is 12.1 Å². The summed E-state index contributed by atoms with van der Waals surface area (Å²) >= 11 is 0. The SMILES string of the molecule is CC1(CNC(=O)c2ccccc2)OCCO1. The van der Waals surface area contributed by atoms with Crippen LogP contribution in [-0.2, 0) is 9.47 Å². The Labute approximate surface area is 94.6 Å². The second kappa shape index (κ2) is 4.63. The molecule has 1 aliphatic rings. The molecule has 0 bridgehead atoms. The average molecular weight is 221 g/mol. The zero-order valence-corrected chi connectivity index (χ0v) is 9.23. The van der Waals surface area contributed by atoms with Crippen molar-refractivity contribution < 1.29 is 14.3 Å². The van der Waals surface area contributed by atoms with Crippen LogP contribution in [-0.4, -0.2) is 31.5 Å². The van der Waals surface area contributed by atoms with Crippen LogP contribution >= 0.6 is 0 Å². The first-order valence-electron chi connectivity index (χ1n) is 5.31. The van der Waals surface area contributed by atoms with Crippen LogP contribution < -0.4 is 5.32 Å². The first-order chi connectivity index (χ1) is 7.70. The quantitative estimate of drug-likeness (QED) is 0.833. The normalized spacial score (nSPS) is 18.3. The Morgan fingerprint density at radius 1 is 1.31 bits per heavy atom. The van der Waals surface area contributed by atoms with Crippen molar-refractivity contribution in [3.63, 3.8) is 0 Å². The number of carbonyl (C=O) groups excluding carboxylic acids is 1. The summed E-state index contributed by atoms with van der Waals surface area (Å²) in [5.74, 6) is -0.786. The number of hydrogen-bond donors (Lipinski definition) is 1. The third kappa shape index (κ3) is 2.59. The Hall–Kier alpha value is -1.39. The van der Waals surface area contributed by atoms with Crippen LogP contribution in [0.15, 0.2) is 30.3 Å². The molecule has 1 N–H and O–H groups in total. The van der Waals surface area contributed by atoms with Crippen LogP contribution in [0.5, 0.6) is 0 Å². The molecule has 0 aromatic heterocycles. The number of hydrogen-bond acceptors (Lipinski definition) is 3. The van der Waals surface area contributed by atoms with Crippen LogP contribution in [0.25, 0.3) is 0 Å². The van der Waals surface area contributed by atoms with Crippen LogP contribution in [0.4, 0.5) is 0 Å². The molecule has 0 spiro atoms. The number of nitrogens with one attached hydrogen (secondary N) is 1. The fourth-order valence-corrected chi connectivity index (χ4v) is 1.59. The Balaban J connectivity index is 1.89. The van der Waals surface area contributed by atoms with Gasteiger partial charge in [0.2, 0.25) is 0 Å². The van der Waals surface area contributed by atoms with Gasteiger partial charge in [-0.15, -0.1) is 0 Å². The Morgan fingerprint density at radius 3 is 2.56 bits per heavy atom. The maximum absolute atomic E-state index is 11.7. The van der Waals surface area contributed by atoms with Crippen molar-refractivity contribution in [1.29, 1.82) is 0 Å². The Kier molecular flexibility index (Phi) is 3.22. The number of carbonyl (C=O) groups is 1. The smallest absolute Gasteiger partial charge is 0.251 e. The van der Waals surface area contributed by atoms with Crippen molar-refractivity contribution in [2.75, 3.05) is 19.8 Å². The van der Waals surface area contributed by atoms with E-state index in [9.17, 15) is 4.79 Å². The van der Waals surface area contributed by atoms with Gasteiger partial charge in [-0.05, 0) is 19.1 Å². The lowest BCUT2D eigenvalue weighted by Crippen LogP contribution is -2.41. The van der Waals surface area contributed by atoms with E-state index in [1.807, 2.05) is 25.1 Å². The molecule has 1 aromatic rings. The van der Waals surface area contributed by atoms with Crippen LogP contribution in [0, 0.1) is 0 Å². The molecule has 1 heterocycles. The van der Waals surface area contributed by atoms with E-state index in [2.05, 4.69) is 5.32 Å². The van der Waals surface area contributed by atoms with E-state index in [0.717, 1.165) is 0 Å². The summed E-state index contributed by atoms with van der Waals surface area (Å²) in [6.07, 6.45) is 0. The van der Waals surface area contributed by atoms with Crippen molar-refractivity contribution in [1.82, 2.24) is 5.32 Å². The molecule has 1 aromatic carbocycles. The van der Waals surface area contributed by atoms with Gasteiger partial charge in [0, 0.05) is 5.56 Å². The van der Waals surface area contributed by atoms with E-state index in [-0.39, 0.29) is 5.91 Å². The van der Waals surface area contributed by atoms with Crippen LogP contribution in [0.1, 0.15) is 17.3 Å². The van der Waals surface area contributed by atoms with Gasteiger partial charge in [-0.1, -0.05) is 18.2 Å². The Bertz CT molecular complexity index is 358. The van der Waals surface area contributed by atoms with E-state index >= 15 is 0 Å². The topological polar surface area (TPSA) is 47.6 Å². The van der Waals surface area contributed by atoms with E-state index in [1.165, 1.54) is 0 Å². The highest BCUT2D eigenvalue weighted by molar-refractivity contribution is 5.94. The summed E-state index contributed by atoms with van der Waals surface area (Å²) in [4.78, 5) is 11.7. The second-order valence-corrected chi connectivity index (χ2v) is 3.88. The molecule has 0 aliphatic carbocycles. The highest BCUT2D eigenvalue weighted by Gasteiger charge is 2.31. The summed E-state index contributed by atoms with van der Waals surface area (Å²) in [6.45, 7) is 3.35. The van der Waals surface area contributed by atoms with Gasteiger partial charge in [0.05, 0.1) is 19.8 Å². The molecule has 0 radical (unpaired) electrons. The average Bonchev–Trinajstić information content (AvgIpc) is 2.75. The molecule has 0 saturated carbocycles. The number of benzene rings is 1.